The molecule has 0 saturated heterocycles. The molecule has 2 aromatic heterocycles. The minimum absolute atomic E-state index is 0.875. The first-order valence-corrected chi connectivity index (χ1v) is 18.9. The fourth-order valence-corrected chi connectivity index (χ4v) is 9.18. The summed E-state index contributed by atoms with van der Waals surface area (Å²) in [6, 6.07) is 70.3. The summed E-state index contributed by atoms with van der Waals surface area (Å²) in [5.41, 5.74) is 16.1. The Bertz CT molecular complexity index is 3310. The quantitative estimate of drug-likeness (QED) is 0.182. The molecule has 12 rings (SSSR count). The topological polar surface area (TPSA) is 21.3 Å². The molecule has 0 saturated carbocycles. The van der Waals surface area contributed by atoms with Crippen LogP contribution < -0.4 is 4.90 Å². The van der Waals surface area contributed by atoms with Crippen LogP contribution in [0, 0.1) is 0 Å². The average Bonchev–Trinajstić information content (AvgIpc) is 3.75. The van der Waals surface area contributed by atoms with Crippen molar-refractivity contribution < 1.29 is 4.42 Å². The third kappa shape index (κ3) is 4.38. The zero-order chi connectivity index (χ0) is 36.0. The van der Waals surface area contributed by atoms with Gasteiger partial charge in [-0.25, -0.2) is 0 Å². The summed E-state index contributed by atoms with van der Waals surface area (Å²) < 4.78 is 8.83. The molecule has 55 heavy (non-hydrogen) atoms. The van der Waals surface area contributed by atoms with Gasteiger partial charge in [0.05, 0.1) is 11.0 Å². The summed E-state index contributed by atoms with van der Waals surface area (Å²) in [6.07, 6.45) is 0. The van der Waals surface area contributed by atoms with Gasteiger partial charge in [0.1, 0.15) is 11.2 Å². The van der Waals surface area contributed by atoms with Gasteiger partial charge in [-0.1, -0.05) is 127 Å². The van der Waals surface area contributed by atoms with E-state index in [0.29, 0.717) is 0 Å². The first-order chi connectivity index (χ1) is 27.3. The van der Waals surface area contributed by atoms with Crippen LogP contribution in [-0.2, 0) is 0 Å². The number of benzene rings is 9. The Balaban J connectivity index is 1.09. The van der Waals surface area contributed by atoms with E-state index in [2.05, 4.69) is 191 Å². The number of hydrogen-bond donors (Lipinski definition) is 0. The summed E-state index contributed by atoms with van der Waals surface area (Å²) >= 11 is 0. The fourth-order valence-electron chi connectivity index (χ4n) is 9.18. The number of fused-ring (bicyclic) bond motifs is 12. The Morgan fingerprint density at radius 3 is 1.84 bits per heavy atom. The molecule has 256 valence electrons. The van der Waals surface area contributed by atoms with Crippen LogP contribution in [0.2, 0.25) is 0 Å². The number of para-hydroxylation sites is 3. The number of aromatic nitrogens is 1. The normalized spacial score (nSPS) is 12.0. The number of nitrogens with zero attached hydrogens (tertiary/aromatic N) is 2. The van der Waals surface area contributed by atoms with Crippen molar-refractivity contribution in [1.29, 1.82) is 0 Å². The van der Waals surface area contributed by atoms with Crippen LogP contribution >= 0.6 is 0 Å². The van der Waals surface area contributed by atoms with Crippen molar-refractivity contribution >= 4 is 71.6 Å². The summed E-state index contributed by atoms with van der Waals surface area (Å²) in [5.74, 6) is 0. The maximum absolute atomic E-state index is 6.35. The summed E-state index contributed by atoms with van der Waals surface area (Å²) in [4.78, 5) is 2.31. The second-order valence-electron chi connectivity index (χ2n) is 14.5. The van der Waals surface area contributed by atoms with Gasteiger partial charge in [0.2, 0.25) is 0 Å². The van der Waals surface area contributed by atoms with Gasteiger partial charge < -0.3 is 13.9 Å². The zero-order valence-electron chi connectivity index (χ0n) is 29.8. The molecule has 0 unspecified atom stereocenters. The van der Waals surface area contributed by atoms with Crippen molar-refractivity contribution in [3.05, 3.63) is 194 Å². The van der Waals surface area contributed by atoms with E-state index in [0.717, 1.165) is 44.7 Å². The predicted octanol–water partition coefficient (Wildman–Crippen LogP) is 14.6. The van der Waals surface area contributed by atoms with E-state index in [-0.39, 0.29) is 0 Å². The van der Waals surface area contributed by atoms with E-state index in [1.807, 2.05) is 12.1 Å². The largest absolute Gasteiger partial charge is 0.456 e. The smallest absolute Gasteiger partial charge is 0.137 e. The van der Waals surface area contributed by atoms with Crippen molar-refractivity contribution in [2.24, 2.45) is 0 Å². The van der Waals surface area contributed by atoms with Gasteiger partial charge >= 0.3 is 0 Å². The van der Waals surface area contributed by atoms with E-state index in [4.69, 9.17) is 4.42 Å². The number of anilines is 3. The van der Waals surface area contributed by atoms with Gasteiger partial charge in [-0.3, -0.25) is 0 Å². The maximum atomic E-state index is 6.35. The Morgan fingerprint density at radius 1 is 0.382 bits per heavy atom. The van der Waals surface area contributed by atoms with Crippen LogP contribution in [-0.4, -0.2) is 4.57 Å². The molecule has 11 aromatic rings. The Morgan fingerprint density at radius 2 is 1.00 bits per heavy atom. The average molecular weight is 701 g/mol. The molecule has 0 amide bonds. The second-order valence-corrected chi connectivity index (χ2v) is 14.5. The van der Waals surface area contributed by atoms with Gasteiger partial charge in [0.25, 0.3) is 0 Å². The van der Waals surface area contributed by atoms with Gasteiger partial charge in [-0.15, -0.1) is 0 Å². The molecule has 3 nitrogen and oxygen atoms in total. The lowest BCUT2D eigenvalue weighted by Crippen LogP contribution is -2.10. The van der Waals surface area contributed by atoms with Crippen LogP contribution in [0.1, 0.15) is 0 Å². The number of hydrogen-bond acceptors (Lipinski definition) is 2. The Kier molecular flexibility index (Phi) is 6.34. The van der Waals surface area contributed by atoms with Crippen molar-refractivity contribution in [3.63, 3.8) is 0 Å². The van der Waals surface area contributed by atoms with Gasteiger partial charge in [-0.05, 0) is 99.3 Å². The van der Waals surface area contributed by atoms with E-state index in [9.17, 15) is 0 Å². The lowest BCUT2D eigenvalue weighted by molar-refractivity contribution is 0.669. The molecule has 2 heterocycles. The summed E-state index contributed by atoms with van der Waals surface area (Å²) in [7, 11) is 0. The van der Waals surface area contributed by atoms with Crippen LogP contribution in [0.4, 0.5) is 17.1 Å². The Labute approximate surface area is 317 Å². The molecule has 0 fully saturated rings. The first kappa shape index (κ1) is 30.1. The molecular formula is C52H32N2O. The highest BCUT2D eigenvalue weighted by Crippen LogP contribution is 2.51. The van der Waals surface area contributed by atoms with E-state index in [1.54, 1.807) is 0 Å². The van der Waals surface area contributed by atoms with Crippen LogP contribution in [0.3, 0.4) is 0 Å². The maximum Gasteiger partial charge on any atom is 0.137 e. The van der Waals surface area contributed by atoms with Crippen molar-refractivity contribution in [2.75, 3.05) is 4.90 Å². The molecule has 0 radical (unpaired) electrons. The van der Waals surface area contributed by atoms with Crippen LogP contribution in [0.15, 0.2) is 199 Å². The third-order valence-electron chi connectivity index (χ3n) is 11.5. The van der Waals surface area contributed by atoms with Crippen molar-refractivity contribution in [1.82, 2.24) is 4.57 Å². The highest BCUT2D eigenvalue weighted by molar-refractivity contribution is 6.22. The standard InChI is InChI=1S/C52H32N2O/c1-2-14-34(15-3-1)53(37-28-29-41-40-18-7-9-23-48(40)55-49(41)32-37)35-24-26-36(27-25-35)54-47-22-8-6-17-39(47)46-31-30-45-44-21-11-13-33-12-10-20-42(50(33)44)38-16-4-5-19-43(38)51(45)52(46)54/h1-32H. The minimum Gasteiger partial charge on any atom is -0.456 e. The number of rotatable bonds is 4. The highest BCUT2D eigenvalue weighted by atomic mass is 16.3. The molecule has 0 aliphatic heterocycles. The molecule has 3 heteroatoms. The molecule has 0 N–H and O–H groups in total. The van der Waals surface area contributed by atoms with Crippen LogP contribution in [0.5, 0.6) is 0 Å². The van der Waals surface area contributed by atoms with Gasteiger partial charge in [0, 0.05) is 55.9 Å². The monoisotopic (exact) mass is 700 g/mol. The SMILES string of the molecule is c1ccc(N(c2ccc(-n3c4ccccc4c4ccc5c(c43)-c3ccccc3-c3cccc4cccc-5c34)cc2)c2ccc3c(c2)oc2ccccc23)cc1. The molecule has 0 atom stereocenters. The van der Waals surface area contributed by atoms with Gasteiger partial charge in [-0.2, -0.15) is 0 Å². The lowest BCUT2D eigenvalue weighted by Gasteiger charge is -2.25. The minimum atomic E-state index is 0.875. The van der Waals surface area contributed by atoms with E-state index >= 15 is 0 Å². The molecule has 0 bridgehead atoms. The number of furan rings is 1. The lowest BCUT2D eigenvalue weighted by atomic mass is 9.91. The molecule has 0 spiro atoms. The van der Waals surface area contributed by atoms with E-state index in [1.165, 1.54) is 66.0 Å². The second kappa shape index (κ2) is 11.6. The third-order valence-corrected chi connectivity index (χ3v) is 11.5. The van der Waals surface area contributed by atoms with Gasteiger partial charge in [0.15, 0.2) is 0 Å². The highest BCUT2D eigenvalue weighted by Gasteiger charge is 2.26. The Hall–Kier alpha value is -7.36. The van der Waals surface area contributed by atoms with Crippen molar-refractivity contribution in [2.45, 2.75) is 0 Å². The molecule has 1 aliphatic carbocycles. The predicted molar refractivity (Wildman–Crippen MR) is 230 cm³/mol. The molecular weight excluding hydrogens is 669 g/mol. The van der Waals surface area contributed by atoms with Crippen LogP contribution in [0.25, 0.3) is 93.6 Å². The molecule has 1 aliphatic rings. The molecule has 9 aromatic carbocycles. The zero-order valence-corrected chi connectivity index (χ0v) is 29.8. The fraction of sp³-hybridized carbons (Fsp3) is 0. The summed E-state index contributed by atoms with van der Waals surface area (Å²) in [6.45, 7) is 0. The van der Waals surface area contributed by atoms with Crippen molar-refractivity contribution in [3.8, 4) is 39.1 Å². The summed E-state index contributed by atoms with van der Waals surface area (Å²) in [5, 5.41) is 7.31. The van der Waals surface area contributed by atoms with E-state index < -0.39 is 0 Å². The first-order valence-electron chi connectivity index (χ1n) is 18.9.